The van der Waals surface area contributed by atoms with Gasteiger partial charge in [-0.3, -0.25) is 14.6 Å². The summed E-state index contributed by atoms with van der Waals surface area (Å²) in [4.78, 5) is 16.5. The average Bonchev–Trinajstić information content (AvgIpc) is 2.60. The Morgan fingerprint density at radius 3 is 2.50 bits per heavy atom. The molecular formula is C22H26Cl2N2O2. The molecule has 150 valence electrons. The van der Waals surface area contributed by atoms with Crippen molar-refractivity contribution in [3.63, 3.8) is 0 Å². The van der Waals surface area contributed by atoms with E-state index in [1.54, 1.807) is 0 Å². The number of likely N-dealkylation sites (tertiary alicyclic amines) is 2. The Morgan fingerprint density at radius 2 is 1.89 bits per heavy atom. The molecule has 2 aliphatic heterocycles. The first-order valence-electron chi connectivity index (χ1n) is 9.99. The summed E-state index contributed by atoms with van der Waals surface area (Å²) >= 11 is 12.7. The normalized spacial score (nSPS) is 23.8. The lowest BCUT2D eigenvalue weighted by Crippen LogP contribution is -2.52. The largest absolute Gasteiger partial charge is 0.466 e. The summed E-state index contributed by atoms with van der Waals surface area (Å²) in [6, 6.07) is 6.19. The fourth-order valence-electron chi connectivity index (χ4n) is 4.27. The van der Waals surface area contributed by atoms with Crippen LogP contribution in [-0.2, 0) is 9.53 Å². The molecule has 2 fully saturated rings. The van der Waals surface area contributed by atoms with Gasteiger partial charge in [-0.2, -0.15) is 0 Å². The summed E-state index contributed by atoms with van der Waals surface area (Å²) in [5.41, 5.74) is 2.43. The molecule has 28 heavy (non-hydrogen) atoms. The SMILES string of the molecule is CCOC(=O)C1CN(CC2=CCC(N3CC(c4c(Cl)cccc4Cl)C3)C=C2)C1. The van der Waals surface area contributed by atoms with Gasteiger partial charge in [-0.1, -0.05) is 47.5 Å². The number of ether oxygens (including phenoxy) is 1. The Hall–Kier alpha value is -1.33. The summed E-state index contributed by atoms with van der Waals surface area (Å²) in [6.45, 7) is 6.83. The lowest BCUT2D eigenvalue weighted by atomic mass is 9.88. The Morgan fingerprint density at radius 1 is 1.18 bits per heavy atom. The van der Waals surface area contributed by atoms with Gasteiger partial charge in [0.1, 0.15) is 0 Å². The van der Waals surface area contributed by atoms with Crippen LogP contribution in [0.25, 0.3) is 0 Å². The van der Waals surface area contributed by atoms with Crippen molar-refractivity contribution in [3.05, 3.63) is 57.6 Å². The van der Waals surface area contributed by atoms with E-state index in [1.807, 2.05) is 25.1 Å². The maximum absolute atomic E-state index is 11.7. The molecule has 0 spiro atoms. The van der Waals surface area contributed by atoms with E-state index < -0.39 is 0 Å². The predicted molar refractivity (Wildman–Crippen MR) is 113 cm³/mol. The van der Waals surface area contributed by atoms with E-state index in [2.05, 4.69) is 28.0 Å². The van der Waals surface area contributed by atoms with Crippen molar-refractivity contribution in [1.82, 2.24) is 9.80 Å². The molecule has 1 aromatic carbocycles. The Balaban J connectivity index is 1.22. The number of rotatable bonds is 6. The van der Waals surface area contributed by atoms with Crippen molar-refractivity contribution in [2.75, 3.05) is 39.3 Å². The zero-order valence-corrected chi connectivity index (χ0v) is 17.6. The summed E-state index contributed by atoms with van der Waals surface area (Å²) < 4.78 is 5.08. The highest BCUT2D eigenvalue weighted by Crippen LogP contribution is 2.38. The van der Waals surface area contributed by atoms with E-state index in [-0.39, 0.29) is 11.9 Å². The van der Waals surface area contributed by atoms with Gasteiger partial charge < -0.3 is 4.74 Å². The molecule has 0 radical (unpaired) electrons. The van der Waals surface area contributed by atoms with Crippen molar-refractivity contribution in [3.8, 4) is 0 Å². The first-order chi connectivity index (χ1) is 13.5. The summed E-state index contributed by atoms with van der Waals surface area (Å²) in [5.74, 6) is 0.411. The second kappa shape index (κ2) is 8.58. The molecule has 4 nitrogen and oxygen atoms in total. The Labute approximate surface area is 176 Å². The van der Waals surface area contributed by atoms with E-state index in [4.69, 9.17) is 27.9 Å². The topological polar surface area (TPSA) is 32.8 Å². The molecule has 6 heteroatoms. The number of hydrogen-bond donors (Lipinski definition) is 0. The molecule has 0 saturated carbocycles. The molecule has 1 atom stereocenters. The molecule has 1 aromatic rings. The van der Waals surface area contributed by atoms with Gasteiger partial charge in [0.2, 0.25) is 0 Å². The molecular weight excluding hydrogens is 395 g/mol. The standard InChI is InChI=1S/C22H26Cl2N2O2/c1-2-28-22(27)17-11-25(12-17)10-15-6-8-18(9-7-15)26-13-16(14-26)21-19(23)4-3-5-20(21)24/h3-8,16-18H,2,9-14H2,1H3. The van der Waals surface area contributed by atoms with Crippen molar-refractivity contribution < 1.29 is 9.53 Å². The molecule has 0 bridgehead atoms. The molecule has 0 N–H and O–H groups in total. The lowest BCUT2D eigenvalue weighted by Gasteiger charge is -2.45. The van der Waals surface area contributed by atoms with Crippen molar-refractivity contribution in [1.29, 1.82) is 0 Å². The Kier molecular flexibility index (Phi) is 6.12. The van der Waals surface area contributed by atoms with Gasteiger partial charge in [-0.15, -0.1) is 0 Å². The first kappa shape index (κ1) is 20.0. The van der Waals surface area contributed by atoms with Crippen LogP contribution in [0.3, 0.4) is 0 Å². The van der Waals surface area contributed by atoms with Crippen molar-refractivity contribution in [2.45, 2.75) is 25.3 Å². The first-order valence-corrected chi connectivity index (χ1v) is 10.7. The lowest BCUT2D eigenvalue weighted by molar-refractivity contribution is -0.153. The van der Waals surface area contributed by atoms with Crippen LogP contribution in [-0.4, -0.2) is 61.1 Å². The van der Waals surface area contributed by atoms with Crippen LogP contribution in [0.4, 0.5) is 0 Å². The van der Waals surface area contributed by atoms with Gasteiger partial charge in [0.25, 0.3) is 0 Å². The van der Waals surface area contributed by atoms with Gasteiger partial charge in [-0.25, -0.2) is 0 Å². The minimum Gasteiger partial charge on any atom is -0.466 e. The summed E-state index contributed by atoms with van der Waals surface area (Å²) in [5, 5.41) is 1.54. The van der Waals surface area contributed by atoms with Crippen LogP contribution in [0, 0.1) is 5.92 Å². The number of carbonyl (C=O) groups excluding carboxylic acids is 1. The van der Waals surface area contributed by atoms with Gasteiger partial charge >= 0.3 is 5.97 Å². The van der Waals surface area contributed by atoms with Crippen LogP contribution in [0.1, 0.15) is 24.8 Å². The van der Waals surface area contributed by atoms with Gasteiger partial charge in [0.05, 0.1) is 12.5 Å². The quantitative estimate of drug-likeness (QED) is 0.647. The third-order valence-corrected chi connectivity index (χ3v) is 6.58. The number of nitrogens with zero attached hydrogens (tertiary/aromatic N) is 2. The molecule has 1 aliphatic carbocycles. The van der Waals surface area contributed by atoms with E-state index in [9.17, 15) is 4.79 Å². The highest BCUT2D eigenvalue weighted by Gasteiger charge is 2.36. The second-order valence-electron chi connectivity index (χ2n) is 7.87. The zero-order chi connectivity index (χ0) is 19.7. The highest BCUT2D eigenvalue weighted by atomic mass is 35.5. The van der Waals surface area contributed by atoms with E-state index >= 15 is 0 Å². The summed E-state index contributed by atoms with van der Waals surface area (Å²) in [7, 11) is 0. The van der Waals surface area contributed by atoms with Crippen LogP contribution in [0.5, 0.6) is 0 Å². The maximum Gasteiger partial charge on any atom is 0.311 e. The van der Waals surface area contributed by atoms with Crippen LogP contribution in [0.2, 0.25) is 10.0 Å². The Bertz CT molecular complexity index is 775. The molecule has 1 unspecified atom stereocenters. The van der Waals surface area contributed by atoms with Crippen LogP contribution < -0.4 is 0 Å². The van der Waals surface area contributed by atoms with Crippen molar-refractivity contribution >= 4 is 29.2 Å². The molecule has 2 heterocycles. The van der Waals surface area contributed by atoms with E-state index in [0.29, 0.717) is 18.6 Å². The number of carbonyl (C=O) groups is 1. The maximum atomic E-state index is 11.7. The number of halogens is 2. The molecule has 0 amide bonds. The van der Waals surface area contributed by atoms with Gasteiger partial charge in [-0.05, 0) is 36.6 Å². The second-order valence-corrected chi connectivity index (χ2v) is 8.68. The minimum absolute atomic E-state index is 0.0514. The molecule has 2 saturated heterocycles. The highest BCUT2D eigenvalue weighted by molar-refractivity contribution is 6.36. The molecule has 3 aliphatic rings. The zero-order valence-electron chi connectivity index (χ0n) is 16.1. The fraction of sp³-hybridized carbons (Fsp3) is 0.500. The van der Waals surface area contributed by atoms with E-state index in [0.717, 1.165) is 54.8 Å². The fourth-order valence-corrected chi connectivity index (χ4v) is 4.98. The minimum atomic E-state index is -0.0575. The van der Waals surface area contributed by atoms with Crippen LogP contribution >= 0.6 is 23.2 Å². The monoisotopic (exact) mass is 420 g/mol. The molecule has 0 aromatic heterocycles. The summed E-state index contributed by atoms with van der Waals surface area (Å²) in [6.07, 6.45) is 7.91. The average molecular weight is 421 g/mol. The third-order valence-electron chi connectivity index (χ3n) is 5.92. The number of esters is 1. The number of hydrogen-bond acceptors (Lipinski definition) is 4. The van der Waals surface area contributed by atoms with E-state index in [1.165, 1.54) is 5.57 Å². The van der Waals surface area contributed by atoms with Gasteiger partial charge in [0.15, 0.2) is 0 Å². The van der Waals surface area contributed by atoms with Crippen LogP contribution in [0.15, 0.2) is 42.0 Å². The van der Waals surface area contributed by atoms with Gasteiger partial charge in [0, 0.05) is 54.7 Å². The predicted octanol–water partition coefficient (Wildman–Crippen LogP) is 4.14. The number of benzene rings is 1. The third kappa shape index (κ3) is 4.16. The molecule has 4 rings (SSSR count). The van der Waals surface area contributed by atoms with Crippen molar-refractivity contribution in [2.24, 2.45) is 5.92 Å². The smallest absolute Gasteiger partial charge is 0.311 e.